The van der Waals surface area contributed by atoms with Crippen LogP contribution in [-0.4, -0.2) is 80.1 Å². The van der Waals surface area contributed by atoms with Crippen LogP contribution in [0.2, 0.25) is 5.02 Å². The summed E-state index contributed by atoms with van der Waals surface area (Å²) in [7, 11) is -1.49. The van der Waals surface area contributed by atoms with E-state index in [0.29, 0.717) is 61.7 Å². The number of fused-ring (bicyclic) bond motifs is 1. The Hall–Kier alpha value is -4.13. The van der Waals surface area contributed by atoms with E-state index in [4.69, 9.17) is 20.8 Å². The number of carbonyl (C=O) groups is 1. The first-order valence-electron chi connectivity index (χ1n) is 15.0. The molecule has 0 aliphatic carbocycles. The van der Waals surface area contributed by atoms with Gasteiger partial charge in [-0.2, -0.15) is 0 Å². The molecule has 13 heteroatoms. The lowest BCUT2D eigenvalue weighted by atomic mass is 9.85. The molecule has 2 aromatic carbocycles. The number of hydrogen-bond donors (Lipinski definition) is 2. The van der Waals surface area contributed by atoms with Crippen LogP contribution in [-0.2, 0) is 19.4 Å². The van der Waals surface area contributed by atoms with Crippen molar-refractivity contribution in [3.63, 3.8) is 0 Å². The number of halogens is 1. The molecular weight excluding hydrogens is 634 g/mol. The number of anilines is 1. The van der Waals surface area contributed by atoms with Gasteiger partial charge in [0.2, 0.25) is 0 Å². The van der Waals surface area contributed by atoms with E-state index in [1.54, 1.807) is 36.5 Å². The Morgan fingerprint density at radius 2 is 1.78 bits per heavy atom. The summed E-state index contributed by atoms with van der Waals surface area (Å²) in [6.45, 7) is 2.05. The largest absolute Gasteiger partial charge is 0.507 e. The fourth-order valence-corrected chi connectivity index (χ4v) is 7.21. The van der Waals surface area contributed by atoms with E-state index in [1.807, 2.05) is 16.8 Å². The van der Waals surface area contributed by atoms with Crippen molar-refractivity contribution in [2.45, 2.75) is 36.2 Å². The molecule has 2 fully saturated rings. The van der Waals surface area contributed by atoms with Crippen LogP contribution in [0.4, 0.5) is 5.69 Å². The molecule has 0 amide bonds. The van der Waals surface area contributed by atoms with Crippen molar-refractivity contribution >= 4 is 44.1 Å². The minimum atomic E-state index is -3.41. The van der Waals surface area contributed by atoms with Crippen LogP contribution in [0, 0.1) is 5.92 Å². The number of piperidine rings is 2. The standard InChI is InChI=1S/C33H34ClN3O8S/c1-36-10-9-23(30-25(38)14-26(39)31-27(40)15-28(44-32(30)31)22-5-3-4-6-24(22)34)29(18-36)45-33(41)19-7-11-37(12-8-19)20-13-21(17-35-16-20)46(2,42)43/h3-6,13-17,19,23,29,38-39H,7-12,18H2,1-2H3/t23-,29+/m0/s1. The molecule has 2 N–H and O–H groups in total. The fourth-order valence-electron chi connectivity index (χ4n) is 6.40. The zero-order valence-corrected chi connectivity index (χ0v) is 26.9. The zero-order valence-electron chi connectivity index (χ0n) is 25.3. The SMILES string of the molecule is CN1CC[C@H](c2c(O)cc(O)c3c(=O)cc(-c4ccccc4Cl)oc23)[C@H](OC(=O)C2CCN(c3cncc(S(C)(=O)=O)c3)CC2)C1. The predicted octanol–water partition coefficient (Wildman–Crippen LogP) is 4.57. The van der Waals surface area contributed by atoms with Crippen LogP contribution in [0.1, 0.15) is 30.7 Å². The van der Waals surface area contributed by atoms with Crippen molar-refractivity contribution in [2.24, 2.45) is 5.92 Å². The van der Waals surface area contributed by atoms with Crippen LogP contribution in [0.15, 0.2) is 69.0 Å². The lowest BCUT2D eigenvalue weighted by Crippen LogP contribution is -2.45. The van der Waals surface area contributed by atoms with Crippen LogP contribution in [0.5, 0.6) is 11.5 Å². The maximum absolute atomic E-state index is 13.6. The van der Waals surface area contributed by atoms with E-state index in [0.717, 1.165) is 12.3 Å². The number of esters is 1. The summed E-state index contributed by atoms with van der Waals surface area (Å²) < 4.78 is 36.4. The molecule has 2 aromatic heterocycles. The molecular formula is C33H34ClN3O8S. The quantitative estimate of drug-likeness (QED) is 0.278. The van der Waals surface area contributed by atoms with Gasteiger partial charge in [0.15, 0.2) is 15.3 Å². The number of benzene rings is 2. The second kappa shape index (κ2) is 12.6. The Morgan fingerprint density at radius 1 is 1.04 bits per heavy atom. The fraction of sp³-hybridized carbons (Fsp3) is 0.364. The maximum atomic E-state index is 13.6. The van der Waals surface area contributed by atoms with E-state index >= 15 is 0 Å². The molecule has 11 nitrogen and oxygen atoms in total. The molecule has 2 saturated heterocycles. The van der Waals surface area contributed by atoms with Crippen LogP contribution in [0.3, 0.4) is 0 Å². The summed E-state index contributed by atoms with van der Waals surface area (Å²) in [5, 5.41) is 22.1. The summed E-state index contributed by atoms with van der Waals surface area (Å²) in [5.74, 6) is -1.78. The number of aromatic hydroxyl groups is 2. The highest BCUT2D eigenvalue weighted by atomic mass is 35.5. The average molecular weight is 668 g/mol. The number of hydrogen-bond acceptors (Lipinski definition) is 11. The number of nitrogens with zero attached hydrogens (tertiary/aromatic N) is 3. The Bertz CT molecular complexity index is 1970. The van der Waals surface area contributed by atoms with Crippen LogP contribution in [0.25, 0.3) is 22.3 Å². The Labute approximate surface area is 270 Å². The smallest absolute Gasteiger partial charge is 0.309 e. The summed E-state index contributed by atoms with van der Waals surface area (Å²) in [6, 6.07) is 10.9. The number of ether oxygens (including phenoxy) is 1. The van der Waals surface area contributed by atoms with Gasteiger partial charge in [0.25, 0.3) is 0 Å². The predicted molar refractivity (Wildman–Crippen MR) is 173 cm³/mol. The minimum Gasteiger partial charge on any atom is -0.507 e. The first-order valence-corrected chi connectivity index (χ1v) is 17.2. The second-order valence-electron chi connectivity index (χ2n) is 12.0. The molecule has 0 spiro atoms. The van der Waals surface area contributed by atoms with Gasteiger partial charge in [-0.05, 0) is 51.1 Å². The highest BCUT2D eigenvalue weighted by molar-refractivity contribution is 7.90. The maximum Gasteiger partial charge on any atom is 0.309 e. The van der Waals surface area contributed by atoms with Crippen molar-refractivity contribution in [3.05, 3.63) is 75.7 Å². The van der Waals surface area contributed by atoms with E-state index in [-0.39, 0.29) is 44.8 Å². The van der Waals surface area contributed by atoms with Gasteiger partial charge in [0.1, 0.15) is 34.3 Å². The number of sulfone groups is 1. The summed E-state index contributed by atoms with van der Waals surface area (Å²) in [6.07, 6.45) is 4.88. The van der Waals surface area contributed by atoms with E-state index in [2.05, 4.69) is 4.98 Å². The number of phenolic OH excluding ortho intramolecular Hbond substituents is 2. The minimum absolute atomic E-state index is 0.0220. The van der Waals surface area contributed by atoms with Crippen molar-refractivity contribution in [3.8, 4) is 22.8 Å². The second-order valence-corrected chi connectivity index (χ2v) is 14.5. The molecule has 0 bridgehead atoms. The molecule has 0 unspecified atom stereocenters. The lowest BCUT2D eigenvalue weighted by molar-refractivity contribution is -0.158. The molecule has 2 aliphatic rings. The van der Waals surface area contributed by atoms with Gasteiger partial charge in [0, 0.05) is 61.3 Å². The van der Waals surface area contributed by atoms with Gasteiger partial charge in [-0.1, -0.05) is 23.7 Å². The first kappa shape index (κ1) is 31.8. The third-order valence-electron chi connectivity index (χ3n) is 8.86. The van der Waals surface area contributed by atoms with Crippen molar-refractivity contribution < 1.29 is 32.6 Å². The Morgan fingerprint density at radius 3 is 2.50 bits per heavy atom. The van der Waals surface area contributed by atoms with Gasteiger partial charge in [-0.3, -0.25) is 14.6 Å². The van der Waals surface area contributed by atoms with Gasteiger partial charge in [-0.15, -0.1) is 0 Å². The molecule has 2 aliphatic heterocycles. The number of rotatable bonds is 6. The molecule has 2 atom stereocenters. The lowest BCUT2D eigenvalue weighted by Gasteiger charge is -2.38. The summed E-state index contributed by atoms with van der Waals surface area (Å²) in [4.78, 5) is 35.1. The summed E-state index contributed by atoms with van der Waals surface area (Å²) in [5.41, 5.74) is 0.969. The molecule has 6 rings (SSSR count). The monoisotopic (exact) mass is 667 g/mol. The third-order valence-corrected chi connectivity index (χ3v) is 10.3. The topological polar surface area (TPSA) is 150 Å². The number of aromatic nitrogens is 1. The van der Waals surface area contributed by atoms with E-state index in [9.17, 15) is 28.2 Å². The molecule has 4 aromatic rings. The molecule has 0 radical (unpaired) electrons. The van der Waals surface area contributed by atoms with E-state index in [1.165, 1.54) is 12.3 Å². The zero-order chi connectivity index (χ0) is 32.7. The number of pyridine rings is 1. The number of phenols is 2. The Kier molecular flexibility index (Phi) is 8.70. The number of carbonyl (C=O) groups excluding carboxylic acids is 1. The van der Waals surface area contributed by atoms with Crippen LogP contribution >= 0.6 is 11.6 Å². The molecule has 0 saturated carbocycles. The number of likely N-dealkylation sites (N-methyl/N-ethyl adjacent to an activating group) is 1. The van der Waals surface area contributed by atoms with Gasteiger partial charge in [-0.25, -0.2) is 8.42 Å². The van der Waals surface area contributed by atoms with Gasteiger partial charge in [0.05, 0.1) is 27.7 Å². The molecule has 4 heterocycles. The summed E-state index contributed by atoms with van der Waals surface area (Å²) >= 11 is 6.40. The average Bonchev–Trinajstić information content (AvgIpc) is 3.01. The van der Waals surface area contributed by atoms with Gasteiger partial charge >= 0.3 is 5.97 Å². The highest BCUT2D eigenvalue weighted by Crippen LogP contribution is 2.44. The van der Waals surface area contributed by atoms with Gasteiger partial charge < -0.3 is 29.2 Å². The highest BCUT2D eigenvalue weighted by Gasteiger charge is 2.38. The first-order chi connectivity index (χ1) is 21.9. The molecule has 46 heavy (non-hydrogen) atoms. The van der Waals surface area contributed by atoms with E-state index < -0.39 is 33.0 Å². The normalized spacial score (nSPS) is 19.8. The molecule has 242 valence electrons. The van der Waals surface area contributed by atoms with Crippen molar-refractivity contribution in [2.75, 3.05) is 44.4 Å². The Balaban J connectivity index is 1.27. The third kappa shape index (κ3) is 6.29. The van der Waals surface area contributed by atoms with Crippen molar-refractivity contribution in [1.29, 1.82) is 0 Å². The number of likely N-dealkylation sites (tertiary alicyclic amines) is 1. The van der Waals surface area contributed by atoms with Crippen molar-refractivity contribution in [1.82, 2.24) is 9.88 Å². The van der Waals surface area contributed by atoms with Crippen LogP contribution < -0.4 is 10.3 Å².